The molecule has 3 heterocycles. The Kier molecular flexibility index (Phi) is 3.69. The van der Waals surface area contributed by atoms with E-state index in [-0.39, 0.29) is 11.5 Å². The van der Waals surface area contributed by atoms with Crippen LogP contribution in [0.15, 0.2) is 53.3 Å². The van der Waals surface area contributed by atoms with Gasteiger partial charge in [0.15, 0.2) is 0 Å². The molecule has 0 saturated heterocycles. The molecule has 8 nitrogen and oxygen atoms in total. The van der Waals surface area contributed by atoms with Crippen molar-refractivity contribution in [2.24, 2.45) is 0 Å². The summed E-state index contributed by atoms with van der Waals surface area (Å²) in [6, 6.07) is 12.5. The molecule has 4 aromatic rings. The van der Waals surface area contributed by atoms with Crippen LogP contribution in [0.1, 0.15) is 17.2 Å². The molecule has 1 aliphatic rings. The van der Waals surface area contributed by atoms with Crippen molar-refractivity contribution >= 4 is 23.2 Å². The molecule has 5 rings (SSSR count). The predicted octanol–water partition coefficient (Wildman–Crippen LogP) is 2.91. The van der Waals surface area contributed by atoms with Crippen molar-refractivity contribution in [2.45, 2.75) is 6.04 Å². The summed E-state index contributed by atoms with van der Waals surface area (Å²) in [6.07, 6.45) is 0. The second-order valence-electron chi connectivity index (χ2n) is 6.22. The van der Waals surface area contributed by atoms with E-state index in [0.29, 0.717) is 27.8 Å². The van der Waals surface area contributed by atoms with E-state index < -0.39 is 11.6 Å². The standard InChI is InChI=1S/C18H11ClFN7O/c19-11-5-1-9(2-6-11)14-13-15(17(28)23-22-14)21-18-24-25-26-27(18)16(13)10-3-7-12(20)8-4-10/h1-8,16H,(H,23,28)(H,21,24,26)/t16-/m1/s1. The fourth-order valence-electron chi connectivity index (χ4n) is 3.32. The van der Waals surface area contributed by atoms with Gasteiger partial charge in [-0.15, -0.1) is 0 Å². The van der Waals surface area contributed by atoms with Gasteiger partial charge in [-0.05, 0) is 40.3 Å². The summed E-state index contributed by atoms with van der Waals surface area (Å²) in [4.78, 5) is 12.5. The van der Waals surface area contributed by atoms with Gasteiger partial charge in [0.25, 0.3) is 5.56 Å². The lowest BCUT2D eigenvalue weighted by Gasteiger charge is -2.27. The Morgan fingerprint density at radius 3 is 2.57 bits per heavy atom. The van der Waals surface area contributed by atoms with Gasteiger partial charge in [0, 0.05) is 16.1 Å². The van der Waals surface area contributed by atoms with Crippen LogP contribution in [0.4, 0.5) is 16.0 Å². The number of benzene rings is 2. The van der Waals surface area contributed by atoms with E-state index >= 15 is 0 Å². The molecule has 0 amide bonds. The number of aromatic nitrogens is 6. The number of fused-ring (bicyclic) bond motifs is 2. The normalized spacial score (nSPS) is 14.9. The molecule has 0 spiro atoms. The zero-order chi connectivity index (χ0) is 19.3. The van der Waals surface area contributed by atoms with Crippen LogP contribution in [0.5, 0.6) is 0 Å². The molecule has 0 fully saturated rings. The second-order valence-corrected chi connectivity index (χ2v) is 6.66. The molecule has 0 bridgehead atoms. The maximum Gasteiger partial charge on any atom is 0.288 e. The van der Waals surface area contributed by atoms with E-state index in [0.717, 1.165) is 5.56 Å². The number of aromatic amines is 1. The summed E-state index contributed by atoms with van der Waals surface area (Å²) in [5.74, 6) is -0.0580. The quantitative estimate of drug-likeness (QED) is 0.476. The van der Waals surface area contributed by atoms with Crippen LogP contribution in [0.25, 0.3) is 11.3 Å². The molecule has 2 aromatic heterocycles. The van der Waals surface area contributed by atoms with Gasteiger partial charge >= 0.3 is 0 Å². The Bertz CT molecular complexity index is 1230. The first-order valence-corrected chi connectivity index (χ1v) is 8.68. The fourth-order valence-corrected chi connectivity index (χ4v) is 3.44. The van der Waals surface area contributed by atoms with Gasteiger partial charge in [-0.3, -0.25) is 4.79 Å². The fraction of sp³-hybridized carbons (Fsp3) is 0.0556. The van der Waals surface area contributed by atoms with Crippen molar-refractivity contribution in [1.82, 2.24) is 30.4 Å². The Morgan fingerprint density at radius 1 is 1.07 bits per heavy atom. The number of tetrazole rings is 1. The highest BCUT2D eigenvalue weighted by atomic mass is 35.5. The zero-order valence-electron chi connectivity index (χ0n) is 14.1. The third-order valence-corrected chi connectivity index (χ3v) is 4.82. The number of hydrogen-bond acceptors (Lipinski definition) is 6. The van der Waals surface area contributed by atoms with Crippen molar-refractivity contribution in [3.63, 3.8) is 0 Å². The third-order valence-electron chi connectivity index (χ3n) is 4.57. The molecule has 0 radical (unpaired) electrons. The molecule has 10 heteroatoms. The molecule has 0 unspecified atom stereocenters. The summed E-state index contributed by atoms with van der Waals surface area (Å²) < 4.78 is 15.0. The second kappa shape index (κ2) is 6.24. The van der Waals surface area contributed by atoms with E-state index in [1.807, 2.05) is 0 Å². The number of nitrogens with one attached hydrogen (secondary N) is 2. The number of hydrogen-bond donors (Lipinski definition) is 2. The van der Waals surface area contributed by atoms with Crippen molar-refractivity contribution in [1.29, 1.82) is 0 Å². The van der Waals surface area contributed by atoms with E-state index in [9.17, 15) is 9.18 Å². The summed E-state index contributed by atoms with van der Waals surface area (Å²) in [6.45, 7) is 0. The van der Waals surface area contributed by atoms with Crippen LogP contribution in [0, 0.1) is 5.82 Å². The molecule has 2 aromatic carbocycles. The van der Waals surface area contributed by atoms with Crippen LogP contribution in [-0.2, 0) is 0 Å². The molecule has 28 heavy (non-hydrogen) atoms. The van der Waals surface area contributed by atoms with Crippen molar-refractivity contribution < 1.29 is 4.39 Å². The van der Waals surface area contributed by atoms with E-state index in [1.54, 1.807) is 36.4 Å². The highest BCUT2D eigenvalue weighted by Crippen LogP contribution is 2.41. The smallest absolute Gasteiger partial charge is 0.288 e. The average molecular weight is 396 g/mol. The molecular weight excluding hydrogens is 385 g/mol. The molecule has 0 aliphatic carbocycles. The van der Waals surface area contributed by atoms with Crippen LogP contribution in [-0.4, -0.2) is 30.4 Å². The molecule has 1 atom stereocenters. The monoisotopic (exact) mass is 395 g/mol. The third kappa shape index (κ3) is 2.55. The van der Waals surface area contributed by atoms with Crippen molar-refractivity contribution in [2.75, 3.05) is 5.32 Å². The first kappa shape index (κ1) is 16.6. The van der Waals surface area contributed by atoms with Gasteiger partial charge in [0.2, 0.25) is 5.95 Å². The van der Waals surface area contributed by atoms with Crippen molar-refractivity contribution in [3.8, 4) is 11.3 Å². The minimum absolute atomic E-state index is 0.288. The van der Waals surface area contributed by atoms with Gasteiger partial charge in [0.05, 0.1) is 5.69 Å². The van der Waals surface area contributed by atoms with Crippen LogP contribution in [0.2, 0.25) is 5.02 Å². The first-order chi connectivity index (χ1) is 13.6. The topological polar surface area (TPSA) is 101 Å². The van der Waals surface area contributed by atoms with E-state index in [1.165, 1.54) is 16.8 Å². The van der Waals surface area contributed by atoms with Crippen molar-refractivity contribution in [3.05, 3.63) is 80.9 Å². The van der Waals surface area contributed by atoms with Gasteiger partial charge in [0.1, 0.15) is 17.5 Å². The summed E-state index contributed by atoms with van der Waals surface area (Å²) in [5.41, 5.74) is 2.46. The minimum Gasteiger partial charge on any atom is -0.318 e. The number of nitrogens with zero attached hydrogens (tertiary/aromatic N) is 5. The molecular formula is C18H11ClFN7O. The number of halogens is 2. The molecule has 2 N–H and O–H groups in total. The van der Waals surface area contributed by atoms with Crippen LogP contribution in [0.3, 0.4) is 0 Å². The largest absolute Gasteiger partial charge is 0.318 e. The minimum atomic E-state index is -0.567. The van der Waals surface area contributed by atoms with Gasteiger partial charge in [-0.1, -0.05) is 41.0 Å². The Labute approximate surface area is 162 Å². The highest BCUT2D eigenvalue weighted by Gasteiger charge is 2.34. The van der Waals surface area contributed by atoms with Gasteiger partial charge in [-0.2, -0.15) is 9.78 Å². The number of rotatable bonds is 2. The SMILES string of the molecule is O=c1[nH]nc(-c2ccc(Cl)cc2)c2c1Nc1nnnn1[C@@H]2c1ccc(F)cc1. The number of H-pyrrole nitrogens is 1. The predicted molar refractivity (Wildman–Crippen MR) is 100 cm³/mol. The summed E-state index contributed by atoms with van der Waals surface area (Å²) in [5, 5.41) is 22.0. The first-order valence-electron chi connectivity index (χ1n) is 8.30. The summed E-state index contributed by atoms with van der Waals surface area (Å²) in [7, 11) is 0. The van der Waals surface area contributed by atoms with Gasteiger partial charge < -0.3 is 5.32 Å². The Balaban J connectivity index is 1.81. The van der Waals surface area contributed by atoms with E-state index in [2.05, 4.69) is 31.0 Å². The maximum atomic E-state index is 13.5. The Hall–Kier alpha value is -3.59. The lowest BCUT2D eigenvalue weighted by molar-refractivity contribution is 0.564. The average Bonchev–Trinajstić information content (AvgIpc) is 3.17. The Morgan fingerprint density at radius 2 is 1.82 bits per heavy atom. The molecule has 138 valence electrons. The molecule has 1 aliphatic heterocycles. The van der Waals surface area contributed by atoms with E-state index in [4.69, 9.17) is 11.6 Å². The molecule has 0 saturated carbocycles. The lowest BCUT2D eigenvalue weighted by atomic mass is 9.92. The summed E-state index contributed by atoms with van der Waals surface area (Å²) >= 11 is 6.00. The zero-order valence-corrected chi connectivity index (χ0v) is 14.9. The van der Waals surface area contributed by atoms with Gasteiger partial charge in [-0.25, -0.2) is 9.49 Å². The maximum absolute atomic E-state index is 13.5. The lowest BCUT2D eigenvalue weighted by Crippen LogP contribution is -2.29. The van der Waals surface area contributed by atoms with Crippen LogP contribution >= 0.6 is 11.6 Å². The number of anilines is 2. The highest BCUT2D eigenvalue weighted by molar-refractivity contribution is 6.30. The van der Waals surface area contributed by atoms with Crippen LogP contribution < -0.4 is 10.9 Å².